The third kappa shape index (κ3) is 4.42. The van der Waals surface area contributed by atoms with Gasteiger partial charge in [-0.3, -0.25) is 9.59 Å². The number of ketones is 1. The first kappa shape index (κ1) is 26.8. The fourth-order valence-electron chi connectivity index (χ4n) is 8.56. The Morgan fingerprint density at radius 1 is 1.17 bits per heavy atom. The van der Waals surface area contributed by atoms with E-state index in [-0.39, 0.29) is 46.9 Å². The summed E-state index contributed by atoms with van der Waals surface area (Å²) in [6.45, 7) is 11.4. The second-order valence-electron chi connectivity index (χ2n) is 13.4. The molecule has 0 aliphatic heterocycles. The van der Waals surface area contributed by atoms with Crippen molar-refractivity contribution in [1.82, 2.24) is 0 Å². The topological polar surface area (TPSA) is 104 Å². The first-order valence-corrected chi connectivity index (χ1v) is 13.7. The van der Waals surface area contributed by atoms with E-state index in [1.54, 1.807) is 19.9 Å². The molecular formula is C29H46O6. The molecule has 9 atom stereocenters. The number of carbonyl (C=O) groups excluding carboxylic acids is 2. The van der Waals surface area contributed by atoms with Crippen LogP contribution in [0.15, 0.2) is 11.6 Å². The number of hydrogen-bond acceptors (Lipinski definition) is 6. The van der Waals surface area contributed by atoms with E-state index in [0.29, 0.717) is 25.7 Å². The summed E-state index contributed by atoms with van der Waals surface area (Å²) in [6, 6.07) is 0. The van der Waals surface area contributed by atoms with Crippen molar-refractivity contribution in [3.8, 4) is 0 Å². The lowest BCUT2D eigenvalue weighted by Gasteiger charge is -2.60. The van der Waals surface area contributed by atoms with E-state index in [1.165, 1.54) is 6.92 Å². The third-order valence-electron chi connectivity index (χ3n) is 10.7. The number of allylic oxidation sites excluding steroid dienone is 1. The molecule has 3 N–H and O–H groups in total. The number of esters is 1. The van der Waals surface area contributed by atoms with Gasteiger partial charge in [0, 0.05) is 18.3 Å². The van der Waals surface area contributed by atoms with Crippen LogP contribution < -0.4 is 0 Å². The Labute approximate surface area is 210 Å². The standard InChI is InChI=1S/C29H46O6/c1-17(24(31)10-11-26(3,4)33)20-9-14-29(34)22-16-25(32)23-15-19(35-18(2)30)7-12-27(23,5)21(22)8-13-28(20,29)6/h16-17,19-21,23-24,31,33-34H,7-15H2,1-6H3/t17-,19-,20+,21-,23-,24+,27+,28+,29+/m0/s1. The summed E-state index contributed by atoms with van der Waals surface area (Å²) in [6.07, 6.45) is 7.43. The minimum absolute atomic E-state index is 0.00433. The highest BCUT2D eigenvalue weighted by atomic mass is 16.5. The molecule has 0 saturated heterocycles. The molecule has 0 spiro atoms. The molecule has 3 fully saturated rings. The van der Waals surface area contributed by atoms with Gasteiger partial charge in [-0.15, -0.1) is 0 Å². The van der Waals surface area contributed by atoms with Gasteiger partial charge in [0.2, 0.25) is 0 Å². The van der Waals surface area contributed by atoms with Gasteiger partial charge in [-0.2, -0.15) is 0 Å². The number of aliphatic hydroxyl groups is 3. The van der Waals surface area contributed by atoms with Crippen molar-refractivity contribution < 1.29 is 29.6 Å². The van der Waals surface area contributed by atoms with Gasteiger partial charge in [-0.25, -0.2) is 0 Å². The lowest BCUT2D eigenvalue weighted by atomic mass is 9.46. The van der Waals surface area contributed by atoms with E-state index in [1.807, 2.05) is 0 Å². The second-order valence-corrected chi connectivity index (χ2v) is 13.4. The number of ether oxygens (including phenoxy) is 1. The van der Waals surface area contributed by atoms with Gasteiger partial charge < -0.3 is 20.1 Å². The highest BCUT2D eigenvalue weighted by Gasteiger charge is 2.66. The van der Waals surface area contributed by atoms with E-state index >= 15 is 0 Å². The van der Waals surface area contributed by atoms with Crippen molar-refractivity contribution in [2.75, 3.05) is 0 Å². The molecule has 0 radical (unpaired) electrons. The van der Waals surface area contributed by atoms with Crippen molar-refractivity contribution in [3.05, 3.63) is 11.6 Å². The van der Waals surface area contributed by atoms with Crippen LogP contribution in [0.3, 0.4) is 0 Å². The molecule has 0 heterocycles. The van der Waals surface area contributed by atoms with Crippen LogP contribution in [0.5, 0.6) is 0 Å². The van der Waals surface area contributed by atoms with Crippen LogP contribution in [-0.4, -0.2) is 50.5 Å². The number of rotatable bonds is 6. The quantitative estimate of drug-likeness (QED) is 0.479. The fourth-order valence-corrected chi connectivity index (χ4v) is 8.56. The van der Waals surface area contributed by atoms with Crippen molar-refractivity contribution in [1.29, 1.82) is 0 Å². The molecule has 6 heteroatoms. The molecule has 198 valence electrons. The van der Waals surface area contributed by atoms with Gasteiger partial charge >= 0.3 is 5.97 Å². The van der Waals surface area contributed by atoms with E-state index in [0.717, 1.165) is 37.7 Å². The van der Waals surface area contributed by atoms with Gasteiger partial charge in [-0.05, 0) is 106 Å². The van der Waals surface area contributed by atoms with Crippen molar-refractivity contribution in [2.45, 2.75) is 123 Å². The van der Waals surface area contributed by atoms with Crippen LogP contribution >= 0.6 is 0 Å². The summed E-state index contributed by atoms with van der Waals surface area (Å²) in [5.74, 6) is -0.119. The number of aliphatic hydroxyl groups excluding tert-OH is 1. The highest BCUT2D eigenvalue weighted by Crippen LogP contribution is 2.68. The molecule has 3 saturated carbocycles. The maximum absolute atomic E-state index is 13.5. The number of fused-ring (bicyclic) bond motifs is 5. The molecule has 0 amide bonds. The zero-order chi connectivity index (χ0) is 26.0. The summed E-state index contributed by atoms with van der Waals surface area (Å²) in [7, 11) is 0. The third-order valence-corrected chi connectivity index (χ3v) is 10.7. The second kappa shape index (κ2) is 8.95. The van der Waals surface area contributed by atoms with E-state index in [9.17, 15) is 24.9 Å². The van der Waals surface area contributed by atoms with Gasteiger partial charge in [0.1, 0.15) is 6.10 Å². The van der Waals surface area contributed by atoms with Gasteiger partial charge in [0.15, 0.2) is 5.78 Å². The van der Waals surface area contributed by atoms with Gasteiger partial charge in [0.05, 0.1) is 17.3 Å². The largest absolute Gasteiger partial charge is 0.463 e. The van der Waals surface area contributed by atoms with Crippen LogP contribution in [0.1, 0.15) is 99.3 Å². The first-order chi connectivity index (χ1) is 16.1. The zero-order valence-electron chi connectivity index (χ0n) is 22.5. The average Bonchev–Trinajstić information content (AvgIpc) is 3.03. The monoisotopic (exact) mass is 490 g/mol. The molecular weight excluding hydrogens is 444 g/mol. The maximum atomic E-state index is 13.5. The minimum Gasteiger partial charge on any atom is -0.463 e. The Bertz CT molecular complexity index is 888. The Hall–Kier alpha value is -1.24. The lowest BCUT2D eigenvalue weighted by Crippen LogP contribution is -2.59. The van der Waals surface area contributed by atoms with Crippen LogP contribution in [0.2, 0.25) is 0 Å². The normalized spacial score (nSPS) is 42.9. The average molecular weight is 491 g/mol. The van der Waals surface area contributed by atoms with Gasteiger partial charge in [0.25, 0.3) is 0 Å². The fraction of sp³-hybridized carbons (Fsp3) is 0.862. The van der Waals surface area contributed by atoms with Crippen LogP contribution in [0.4, 0.5) is 0 Å². The van der Waals surface area contributed by atoms with E-state index in [2.05, 4.69) is 20.8 Å². The smallest absolute Gasteiger partial charge is 0.302 e. The Balaban J connectivity index is 1.59. The summed E-state index contributed by atoms with van der Waals surface area (Å²) in [5, 5.41) is 33.4. The first-order valence-electron chi connectivity index (χ1n) is 13.7. The Kier molecular flexibility index (Phi) is 6.86. The highest BCUT2D eigenvalue weighted by molar-refractivity contribution is 5.95. The van der Waals surface area contributed by atoms with Gasteiger partial charge in [-0.1, -0.05) is 20.8 Å². The Morgan fingerprint density at radius 2 is 1.86 bits per heavy atom. The van der Waals surface area contributed by atoms with Crippen molar-refractivity contribution in [2.24, 2.45) is 34.5 Å². The van der Waals surface area contributed by atoms with Crippen molar-refractivity contribution >= 4 is 11.8 Å². The molecule has 0 unspecified atom stereocenters. The molecule has 6 nitrogen and oxygen atoms in total. The molecule has 0 aromatic rings. The van der Waals surface area contributed by atoms with E-state index < -0.39 is 22.7 Å². The molecule has 0 aromatic heterocycles. The SMILES string of the molecule is CC(=O)O[C@H]1CC[C@@]2(C)[C@@H](C1)C(=O)C=C1[C@@H]2CC[C@]2(C)[C@@H]([C@H](C)[C@H](O)CCC(C)(C)O)CC[C@@]12O. The number of carbonyl (C=O) groups is 2. The lowest BCUT2D eigenvalue weighted by molar-refractivity contribution is -0.158. The van der Waals surface area contributed by atoms with Crippen molar-refractivity contribution in [3.63, 3.8) is 0 Å². The maximum Gasteiger partial charge on any atom is 0.302 e. The summed E-state index contributed by atoms with van der Waals surface area (Å²) in [5.41, 5.74) is -1.57. The number of hydrogen-bond donors (Lipinski definition) is 3. The van der Waals surface area contributed by atoms with E-state index in [4.69, 9.17) is 4.74 Å². The molecule has 35 heavy (non-hydrogen) atoms. The predicted octanol–water partition coefficient (Wildman–Crippen LogP) is 4.34. The summed E-state index contributed by atoms with van der Waals surface area (Å²) < 4.78 is 5.48. The Morgan fingerprint density at radius 3 is 2.49 bits per heavy atom. The molecule has 4 rings (SSSR count). The van der Waals surface area contributed by atoms with Crippen LogP contribution in [0, 0.1) is 34.5 Å². The van der Waals surface area contributed by atoms with Crippen LogP contribution in [0.25, 0.3) is 0 Å². The summed E-state index contributed by atoms with van der Waals surface area (Å²) in [4.78, 5) is 25.0. The van der Waals surface area contributed by atoms with Crippen LogP contribution in [-0.2, 0) is 14.3 Å². The molecule has 4 aliphatic carbocycles. The minimum atomic E-state index is -1.04. The predicted molar refractivity (Wildman–Crippen MR) is 133 cm³/mol. The molecule has 4 aliphatic rings. The molecule has 0 bridgehead atoms. The summed E-state index contributed by atoms with van der Waals surface area (Å²) >= 11 is 0. The zero-order valence-corrected chi connectivity index (χ0v) is 22.5. The molecule has 0 aromatic carbocycles.